The van der Waals surface area contributed by atoms with E-state index in [1.807, 2.05) is 0 Å². The van der Waals surface area contributed by atoms with Gasteiger partial charge in [0, 0.05) is 6.42 Å². The summed E-state index contributed by atoms with van der Waals surface area (Å²) in [6.45, 7) is -0.0697. The minimum absolute atomic E-state index is 0.0247. The zero-order valence-corrected chi connectivity index (χ0v) is 17.3. The van der Waals surface area contributed by atoms with Crippen molar-refractivity contribution in [2.75, 3.05) is 7.11 Å². The molecule has 0 aliphatic rings. The number of nitrogens with one attached hydrogen (secondary N) is 2. The van der Waals surface area contributed by atoms with Gasteiger partial charge in [-0.1, -0.05) is 42.5 Å². The normalized spacial score (nSPS) is 12.2. The number of methoxy groups -OCH3 is 1. The van der Waals surface area contributed by atoms with Gasteiger partial charge in [0.2, 0.25) is 5.91 Å². The Balaban J connectivity index is 2.04. The third kappa shape index (κ3) is 7.98. The Labute approximate surface area is 184 Å². The minimum Gasteiger partial charge on any atom is -0.508 e. The summed E-state index contributed by atoms with van der Waals surface area (Å²) in [4.78, 5) is 48.1. The molecule has 0 aliphatic carbocycles. The molecule has 0 radical (unpaired) electrons. The molecular weight excluding hydrogens is 420 g/mol. The number of carboxylic acid groups (broad SMARTS) is 1. The molecule has 0 unspecified atom stereocenters. The van der Waals surface area contributed by atoms with Gasteiger partial charge in [-0.3, -0.25) is 9.59 Å². The number of carbonyl (C=O) groups is 4. The Kier molecular flexibility index (Phi) is 9.03. The van der Waals surface area contributed by atoms with Gasteiger partial charge in [-0.2, -0.15) is 0 Å². The number of aliphatic carboxylic acids is 1. The highest BCUT2D eigenvalue weighted by Crippen LogP contribution is 2.12. The Bertz CT molecular complexity index is 931. The number of esters is 1. The molecule has 0 aromatic heterocycles. The third-order valence-electron chi connectivity index (χ3n) is 4.38. The molecule has 2 rings (SSSR count). The lowest BCUT2D eigenvalue weighted by atomic mass is 10.0. The van der Waals surface area contributed by atoms with Gasteiger partial charge in [0.1, 0.15) is 24.4 Å². The van der Waals surface area contributed by atoms with Crippen molar-refractivity contribution >= 4 is 23.9 Å². The van der Waals surface area contributed by atoms with Gasteiger partial charge < -0.3 is 30.3 Å². The van der Waals surface area contributed by atoms with E-state index < -0.39 is 42.4 Å². The highest BCUT2D eigenvalue weighted by Gasteiger charge is 2.29. The van der Waals surface area contributed by atoms with E-state index in [1.54, 1.807) is 42.5 Å². The lowest BCUT2D eigenvalue weighted by Crippen LogP contribution is -2.53. The Morgan fingerprint density at radius 3 is 2.16 bits per heavy atom. The summed E-state index contributed by atoms with van der Waals surface area (Å²) in [6, 6.07) is 12.1. The van der Waals surface area contributed by atoms with Gasteiger partial charge in [-0.15, -0.1) is 0 Å². The summed E-state index contributed by atoms with van der Waals surface area (Å²) >= 11 is 0. The molecular formula is C22H24N2O8. The van der Waals surface area contributed by atoms with Crippen LogP contribution in [0.15, 0.2) is 54.6 Å². The second-order valence-corrected chi connectivity index (χ2v) is 6.81. The number of phenolic OH excluding ortho intramolecular Hbond substituents is 1. The number of phenols is 1. The zero-order valence-electron chi connectivity index (χ0n) is 17.3. The molecule has 0 fully saturated rings. The Morgan fingerprint density at radius 1 is 0.906 bits per heavy atom. The van der Waals surface area contributed by atoms with Crippen LogP contribution in [0.25, 0.3) is 0 Å². The van der Waals surface area contributed by atoms with Crippen LogP contribution in [0.2, 0.25) is 0 Å². The maximum absolute atomic E-state index is 12.7. The number of amides is 2. The number of hydrogen-bond acceptors (Lipinski definition) is 7. The molecule has 10 nitrogen and oxygen atoms in total. The number of alkyl carbamates (subject to hydrolysis) is 1. The van der Waals surface area contributed by atoms with E-state index in [0.29, 0.717) is 11.1 Å². The van der Waals surface area contributed by atoms with Gasteiger partial charge in [0.05, 0.1) is 13.5 Å². The molecule has 10 heteroatoms. The third-order valence-corrected chi connectivity index (χ3v) is 4.38. The number of rotatable bonds is 10. The topological polar surface area (TPSA) is 151 Å². The van der Waals surface area contributed by atoms with Gasteiger partial charge >= 0.3 is 18.0 Å². The summed E-state index contributed by atoms with van der Waals surface area (Å²) < 4.78 is 9.74. The monoisotopic (exact) mass is 444 g/mol. The average molecular weight is 444 g/mol. The van der Waals surface area contributed by atoms with Gasteiger partial charge in [0.25, 0.3) is 0 Å². The van der Waals surface area contributed by atoms with Crippen molar-refractivity contribution in [1.29, 1.82) is 0 Å². The van der Waals surface area contributed by atoms with E-state index in [0.717, 1.165) is 7.11 Å². The lowest BCUT2D eigenvalue weighted by molar-refractivity contribution is -0.145. The molecule has 170 valence electrons. The highest BCUT2D eigenvalue weighted by atomic mass is 16.5. The second kappa shape index (κ2) is 11.9. The summed E-state index contributed by atoms with van der Waals surface area (Å²) in [7, 11) is 1.15. The van der Waals surface area contributed by atoms with Crippen LogP contribution < -0.4 is 10.6 Å². The van der Waals surface area contributed by atoms with Crippen LogP contribution in [-0.2, 0) is 36.9 Å². The van der Waals surface area contributed by atoms with Crippen molar-refractivity contribution in [3.8, 4) is 5.75 Å². The predicted molar refractivity (Wildman–Crippen MR) is 112 cm³/mol. The number of ether oxygens (including phenoxy) is 2. The molecule has 2 aromatic rings. The van der Waals surface area contributed by atoms with Crippen LogP contribution in [0.1, 0.15) is 17.5 Å². The van der Waals surface area contributed by atoms with E-state index in [-0.39, 0.29) is 18.8 Å². The SMILES string of the molecule is COC(=O)[C@H](Cc1ccc(O)cc1)NC(=O)[C@H](CC(=O)O)NC(=O)OCc1ccccc1. The smallest absolute Gasteiger partial charge is 0.408 e. The molecule has 0 bridgehead atoms. The molecule has 2 aromatic carbocycles. The van der Waals surface area contributed by atoms with Crippen molar-refractivity contribution in [2.45, 2.75) is 31.5 Å². The summed E-state index contributed by atoms with van der Waals surface area (Å²) in [5.41, 5.74) is 1.32. The van der Waals surface area contributed by atoms with E-state index in [4.69, 9.17) is 14.6 Å². The molecule has 0 saturated heterocycles. The first-order chi connectivity index (χ1) is 15.3. The fourth-order valence-electron chi connectivity index (χ4n) is 2.77. The zero-order chi connectivity index (χ0) is 23.5. The van der Waals surface area contributed by atoms with Gasteiger partial charge in [-0.05, 0) is 23.3 Å². The fourth-order valence-corrected chi connectivity index (χ4v) is 2.77. The molecule has 2 amide bonds. The van der Waals surface area contributed by atoms with Crippen molar-refractivity contribution in [3.05, 3.63) is 65.7 Å². The first-order valence-electron chi connectivity index (χ1n) is 9.63. The van der Waals surface area contributed by atoms with Crippen LogP contribution in [-0.4, -0.2) is 53.3 Å². The summed E-state index contributed by atoms with van der Waals surface area (Å²) in [5, 5.41) is 23.1. The molecule has 0 spiro atoms. The lowest BCUT2D eigenvalue weighted by Gasteiger charge is -2.21. The maximum Gasteiger partial charge on any atom is 0.408 e. The fraction of sp³-hybridized carbons (Fsp3) is 0.273. The Hall–Kier alpha value is -4.08. The van der Waals surface area contributed by atoms with Crippen molar-refractivity contribution < 1.29 is 38.9 Å². The molecule has 0 saturated carbocycles. The number of aromatic hydroxyl groups is 1. The number of benzene rings is 2. The molecule has 0 heterocycles. The quantitative estimate of drug-likeness (QED) is 0.401. The van der Waals surface area contributed by atoms with Crippen LogP contribution >= 0.6 is 0 Å². The largest absolute Gasteiger partial charge is 0.508 e. The van der Waals surface area contributed by atoms with E-state index in [1.165, 1.54) is 12.1 Å². The minimum atomic E-state index is -1.48. The van der Waals surface area contributed by atoms with Crippen molar-refractivity contribution in [2.24, 2.45) is 0 Å². The van der Waals surface area contributed by atoms with E-state index in [9.17, 15) is 24.3 Å². The average Bonchev–Trinajstić information content (AvgIpc) is 2.78. The maximum atomic E-state index is 12.7. The molecule has 0 aliphatic heterocycles. The van der Waals surface area contributed by atoms with Crippen LogP contribution in [0.5, 0.6) is 5.75 Å². The number of carboxylic acids is 1. The molecule has 32 heavy (non-hydrogen) atoms. The standard InChI is InChI=1S/C22H24N2O8/c1-31-21(29)18(11-14-7-9-16(25)10-8-14)23-20(28)17(12-19(26)27)24-22(30)32-13-15-5-3-2-4-6-15/h2-10,17-18,25H,11-13H2,1H3,(H,23,28)(H,24,30)(H,26,27)/t17-,18-/m0/s1. The van der Waals surface area contributed by atoms with Crippen molar-refractivity contribution in [1.82, 2.24) is 10.6 Å². The number of hydrogen-bond donors (Lipinski definition) is 4. The Morgan fingerprint density at radius 2 is 1.56 bits per heavy atom. The second-order valence-electron chi connectivity index (χ2n) is 6.81. The van der Waals surface area contributed by atoms with Crippen LogP contribution in [0.4, 0.5) is 4.79 Å². The first kappa shape index (κ1) is 24.2. The first-order valence-corrected chi connectivity index (χ1v) is 9.63. The van der Waals surface area contributed by atoms with E-state index >= 15 is 0 Å². The highest BCUT2D eigenvalue weighted by molar-refractivity contribution is 5.92. The van der Waals surface area contributed by atoms with Crippen LogP contribution in [0, 0.1) is 0 Å². The van der Waals surface area contributed by atoms with Gasteiger partial charge in [-0.25, -0.2) is 9.59 Å². The molecule has 4 N–H and O–H groups in total. The predicted octanol–water partition coefficient (Wildman–Crippen LogP) is 1.36. The van der Waals surface area contributed by atoms with Crippen LogP contribution in [0.3, 0.4) is 0 Å². The van der Waals surface area contributed by atoms with Gasteiger partial charge in [0.15, 0.2) is 0 Å². The summed E-state index contributed by atoms with van der Waals surface area (Å²) in [5.74, 6) is -2.95. The molecule has 2 atom stereocenters. The van der Waals surface area contributed by atoms with E-state index in [2.05, 4.69) is 10.6 Å². The van der Waals surface area contributed by atoms with Crippen molar-refractivity contribution in [3.63, 3.8) is 0 Å². The number of carbonyl (C=O) groups excluding carboxylic acids is 3. The summed E-state index contributed by atoms with van der Waals surface area (Å²) in [6.07, 6.45) is -1.68.